The number of nitrogens with zero attached hydrogens (tertiary/aromatic N) is 1. The van der Waals surface area contributed by atoms with Crippen molar-refractivity contribution in [2.24, 2.45) is 10.9 Å². The minimum atomic E-state index is -0.288. The third-order valence-corrected chi connectivity index (χ3v) is 2.27. The number of hydrogen-bond acceptors (Lipinski definition) is 3. The van der Waals surface area contributed by atoms with E-state index in [-0.39, 0.29) is 17.7 Å². The van der Waals surface area contributed by atoms with Crippen molar-refractivity contribution in [2.45, 2.75) is 25.8 Å². The molecule has 0 radical (unpaired) electrons. The average molecular weight is 225 g/mol. The molecule has 0 spiro atoms. The predicted molar refractivity (Wildman–Crippen MR) is 62.1 cm³/mol. The van der Waals surface area contributed by atoms with Crippen molar-refractivity contribution in [3.8, 4) is 0 Å². The van der Waals surface area contributed by atoms with Crippen molar-refractivity contribution in [2.75, 3.05) is 5.32 Å². The van der Waals surface area contributed by atoms with Gasteiger partial charge in [-0.25, -0.2) is 4.39 Å². The number of amidine groups is 1. The van der Waals surface area contributed by atoms with Crippen LogP contribution in [-0.4, -0.2) is 17.1 Å². The van der Waals surface area contributed by atoms with Gasteiger partial charge in [-0.3, -0.25) is 0 Å². The highest BCUT2D eigenvalue weighted by molar-refractivity contribution is 5.80. The summed E-state index contributed by atoms with van der Waals surface area (Å²) in [7, 11) is 0. The molecule has 5 heteroatoms. The van der Waals surface area contributed by atoms with E-state index >= 15 is 0 Å². The molecule has 0 aliphatic carbocycles. The second kappa shape index (κ2) is 5.95. The van der Waals surface area contributed by atoms with Gasteiger partial charge in [-0.05, 0) is 24.6 Å². The van der Waals surface area contributed by atoms with Gasteiger partial charge in [0.25, 0.3) is 0 Å². The van der Waals surface area contributed by atoms with Crippen molar-refractivity contribution >= 4 is 11.5 Å². The van der Waals surface area contributed by atoms with Crippen LogP contribution in [-0.2, 0) is 0 Å². The first-order chi connectivity index (χ1) is 7.65. The van der Waals surface area contributed by atoms with E-state index in [1.807, 2.05) is 6.92 Å². The van der Waals surface area contributed by atoms with Crippen molar-refractivity contribution in [1.29, 1.82) is 0 Å². The molecule has 1 aromatic rings. The van der Waals surface area contributed by atoms with Crippen LogP contribution in [0.3, 0.4) is 0 Å². The van der Waals surface area contributed by atoms with E-state index in [9.17, 15) is 4.39 Å². The van der Waals surface area contributed by atoms with Gasteiger partial charge in [-0.2, -0.15) is 0 Å². The molecule has 0 aliphatic heterocycles. The Morgan fingerprint density at radius 3 is 2.94 bits per heavy atom. The molecule has 1 rings (SSSR count). The summed E-state index contributed by atoms with van der Waals surface area (Å²) < 4.78 is 12.9. The predicted octanol–water partition coefficient (Wildman–Crippen LogP) is 2.15. The number of rotatable bonds is 5. The van der Waals surface area contributed by atoms with Gasteiger partial charge in [-0.1, -0.05) is 18.1 Å². The number of anilines is 1. The first kappa shape index (κ1) is 12.3. The van der Waals surface area contributed by atoms with E-state index in [2.05, 4.69) is 10.5 Å². The zero-order valence-electron chi connectivity index (χ0n) is 9.15. The zero-order valence-corrected chi connectivity index (χ0v) is 9.15. The van der Waals surface area contributed by atoms with Gasteiger partial charge in [0.1, 0.15) is 11.7 Å². The normalized spacial score (nSPS) is 13.5. The van der Waals surface area contributed by atoms with E-state index in [0.717, 1.165) is 6.42 Å². The molecular weight excluding hydrogens is 209 g/mol. The number of oxime groups is 1. The van der Waals surface area contributed by atoms with E-state index in [1.54, 1.807) is 12.1 Å². The lowest BCUT2D eigenvalue weighted by atomic mass is 10.1. The molecule has 16 heavy (non-hydrogen) atoms. The highest BCUT2D eigenvalue weighted by Crippen LogP contribution is 2.13. The van der Waals surface area contributed by atoms with E-state index in [1.165, 1.54) is 12.1 Å². The number of nitrogens with one attached hydrogen (secondary N) is 1. The minimum Gasteiger partial charge on any atom is -0.409 e. The molecular formula is C11H16FN3O. The summed E-state index contributed by atoms with van der Waals surface area (Å²) in [5, 5.41) is 14.5. The average Bonchev–Trinajstić information content (AvgIpc) is 2.28. The number of benzene rings is 1. The monoisotopic (exact) mass is 225 g/mol. The van der Waals surface area contributed by atoms with E-state index in [0.29, 0.717) is 12.1 Å². The molecule has 1 aromatic carbocycles. The van der Waals surface area contributed by atoms with Crippen LogP contribution in [0.2, 0.25) is 0 Å². The number of hydrogen-bond donors (Lipinski definition) is 3. The second-order valence-electron chi connectivity index (χ2n) is 3.56. The Balaban J connectivity index is 2.63. The van der Waals surface area contributed by atoms with E-state index in [4.69, 9.17) is 10.9 Å². The lowest BCUT2D eigenvalue weighted by molar-refractivity contribution is 0.316. The van der Waals surface area contributed by atoms with Crippen LogP contribution in [0.25, 0.3) is 0 Å². The van der Waals surface area contributed by atoms with Gasteiger partial charge in [0.05, 0.1) is 0 Å². The van der Waals surface area contributed by atoms with Crippen LogP contribution in [0, 0.1) is 5.82 Å². The van der Waals surface area contributed by atoms with Crippen LogP contribution in [0.15, 0.2) is 29.4 Å². The molecule has 0 fully saturated rings. The molecule has 4 N–H and O–H groups in total. The smallest absolute Gasteiger partial charge is 0.141 e. The van der Waals surface area contributed by atoms with Gasteiger partial charge >= 0.3 is 0 Å². The summed E-state index contributed by atoms with van der Waals surface area (Å²) >= 11 is 0. The molecule has 0 bridgehead atoms. The Morgan fingerprint density at radius 1 is 1.62 bits per heavy atom. The Labute approximate surface area is 94.0 Å². The Kier molecular flexibility index (Phi) is 4.57. The molecule has 0 aromatic heterocycles. The topological polar surface area (TPSA) is 70.6 Å². The van der Waals surface area contributed by atoms with Gasteiger partial charge in [-0.15, -0.1) is 0 Å². The van der Waals surface area contributed by atoms with Crippen LogP contribution >= 0.6 is 0 Å². The zero-order chi connectivity index (χ0) is 12.0. The number of halogens is 1. The van der Waals surface area contributed by atoms with Gasteiger partial charge in [0, 0.05) is 18.2 Å². The van der Waals surface area contributed by atoms with Crippen LogP contribution < -0.4 is 11.1 Å². The molecule has 1 atom stereocenters. The number of nitrogens with two attached hydrogens (primary N) is 1. The second-order valence-corrected chi connectivity index (χ2v) is 3.56. The fraction of sp³-hybridized carbons (Fsp3) is 0.364. The van der Waals surface area contributed by atoms with Crippen molar-refractivity contribution in [3.05, 3.63) is 30.1 Å². The minimum absolute atomic E-state index is 0.0256. The fourth-order valence-electron chi connectivity index (χ4n) is 1.40. The summed E-state index contributed by atoms with van der Waals surface area (Å²) in [4.78, 5) is 0. The molecule has 0 saturated carbocycles. The summed E-state index contributed by atoms with van der Waals surface area (Å²) in [5.74, 6) is -0.126. The Bertz CT molecular complexity index is 368. The Morgan fingerprint density at radius 2 is 2.38 bits per heavy atom. The Hall–Kier alpha value is -1.78. The van der Waals surface area contributed by atoms with Crippen molar-refractivity contribution in [3.63, 3.8) is 0 Å². The quantitative estimate of drug-likeness (QED) is 0.311. The summed E-state index contributed by atoms with van der Waals surface area (Å²) in [6.07, 6.45) is 1.22. The van der Waals surface area contributed by atoms with Crippen LogP contribution in [0.5, 0.6) is 0 Å². The van der Waals surface area contributed by atoms with Gasteiger partial charge in [0.15, 0.2) is 0 Å². The molecule has 88 valence electrons. The highest BCUT2D eigenvalue weighted by Gasteiger charge is 2.08. The maximum atomic E-state index is 12.9. The molecule has 0 heterocycles. The highest BCUT2D eigenvalue weighted by atomic mass is 19.1. The largest absolute Gasteiger partial charge is 0.409 e. The molecule has 0 amide bonds. The summed E-state index contributed by atoms with van der Waals surface area (Å²) in [5.41, 5.74) is 6.11. The molecule has 0 saturated heterocycles. The standard InChI is InChI=1S/C11H16FN3O/c1-2-9(7-11(13)15-16)14-10-5-3-4-8(12)6-10/h3-6,9,14,16H,2,7H2,1H3,(H2,13,15). The van der Waals surface area contributed by atoms with Gasteiger partial charge < -0.3 is 16.3 Å². The lowest BCUT2D eigenvalue weighted by Gasteiger charge is -2.17. The molecule has 0 aliphatic rings. The van der Waals surface area contributed by atoms with Crippen LogP contribution in [0.1, 0.15) is 19.8 Å². The SMILES string of the molecule is CCC(CC(N)=NO)Nc1cccc(F)c1. The first-order valence-corrected chi connectivity index (χ1v) is 5.14. The van der Waals surface area contributed by atoms with Crippen molar-refractivity contribution in [1.82, 2.24) is 0 Å². The fourth-order valence-corrected chi connectivity index (χ4v) is 1.40. The summed E-state index contributed by atoms with van der Waals surface area (Å²) in [6.45, 7) is 1.97. The van der Waals surface area contributed by atoms with Gasteiger partial charge in [0.2, 0.25) is 0 Å². The third-order valence-electron chi connectivity index (χ3n) is 2.27. The van der Waals surface area contributed by atoms with E-state index < -0.39 is 0 Å². The maximum absolute atomic E-state index is 12.9. The van der Waals surface area contributed by atoms with Crippen molar-refractivity contribution < 1.29 is 9.60 Å². The first-order valence-electron chi connectivity index (χ1n) is 5.14. The maximum Gasteiger partial charge on any atom is 0.141 e. The summed E-state index contributed by atoms with van der Waals surface area (Å²) in [6, 6.07) is 6.23. The lowest BCUT2D eigenvalue weighted by Crippen LogP contribution is -2.26. The molecule has 4 nitrogen and oxygen atoms in total. The molecule has 1 unspecified atom stereocenters. The third kappa shape index (κ3) is 3.76. The van der Waals surface area contributed by atoms with Crippen LogP contribution in [0.4, 0.5) is 10.1 Å².